The van der Waals surface area contributed by atoms with Crippen LogP contribution in [0.1, 0.15) is 19.4 Å². The van der Waals surface area contributed by atoms with Gasteiger partial charge < -0.3 is 18.9 Å². The van der Waals surface area contributed by atoms with Crippen molar-refractivity contribution in [1.29, 1.82) is 0 Å². The molecular formula is C20H16O6. The van der Waals surface area contributed by atoms with Crippen LogP contribution in [0.5, 0.6) is 11.5 Å². The van der Waals surface area contributed by atoms with Crippen LogP contribution in [0, 0.1) is 0 Å². The third-order valence-electron chi connectivity index (χ3n) is 4.04. The summed E-state index contributed by atoms with van der Waals surface area (Å²) in [6.45, 7) is 3.26. The highest BCUT2D eigenvalue weighted by Crippen LogP contribution is 2.36. The van der Waals surface area contributed by atoms with Crippen LogP contribution in [0.4, 0.5) is 0 Å². The summed E-state index contributed by atoms with van der Waals surface area (Å²) in [6.07, 6.45) is 1.46. The highest BCUT2D eigenvalue weighted by Gasteiger charge is 2.38. The van der Waals surface area contributed by atoms with Crippen LogP contribution < -0.4 is 9.47 Å². The number of hydrogen-bond acceptors (Lipinski definition) is 6. The molecule has 4 rings (SSSR count). The highest BCUT2D eigenvalue weighted by atomic mass is 16.7. The largest absolute Gasteiger partial charge is 0.454 e. The molecule has 2 aliphatic rings. The van der Waals surface area contributed by atoms with Gasteiger partial charge >= 0.3 is 11.9 Å². The Bertz CT molecular complexity index is 902. The van der Waals surface area contributed by atoms with E-state index in [1.807, 2.05) is 42.5 Å². The van der Waals surface area contributed by atoms with E-state index >= 15 is 0 Å². The van der Waals surface area contributed by atoms with E-state index in [1.165, 1.54) is 19.9 Å². The van der Waals surface area contributed by atoms with Crippen molar-refractivity contribution in [2.45, 2.75) is 19.6 Å². The number of hydrogen-bond donors (Lipinski definition) is 0. The lowest BCUT2D eigenvalue weighted by Crippen LogP contribution is -2.41. The molecule has 2 heterocycles. The lowest BCUT2D eigenvalue weighted by atomic mass is 10.0. The van der Waals surface area contributed by atoms with Gasteiger partial charge in [0.1, 0.15) is 5.57 Å². The molecule has 0 radical (unpaired) electrons. The van der Waals surface area contributed by atoms with Gasteiger partial charge in [-0.25, -0.2) is 9.59 Å². The summed E-state index contributed by atoms with van der Waals surface area (Å²) < 4.78 is 20.9. The molecule has 0 spiro atoms. The number of cyclic esters (lactones) is 2. The molecule has 0 aromatic heterocycles. The molecule has 0 aliphatic carbocycles. The number of fused-ring (bicyclic) bond motifs is 1. The average molecular weight is 352 g/mol. The summed E-state index contributed by atoms with van der Waals surface area (Å²) in [5.41, 5.74) is 2.52. The van der Waals surface area contributed by atoms with Crippen LogP contribution in [0.15, 0.2) is 48.0 Å². The lowest BCUT2D eigenvalue weighted by molar-refractivity contribution is -0.222. The summed E-state index contributed by atoms with van der Waals surface area (Å²) in [7, 11) is 0. The van der Waals surface area contributed by atoms with E-state index in [4.69, 9.17) is 18.9 Å². The zero-order valence-corrected chi connectivity index (χ0v) is 14.3. The summed E-state index contributed by atoms with van der Waals surface area (Å²) in [6, 6.07) is 13.1. The van der Waals surface area contributed by atoms with Crippen LogP contribution in [0.2, 0.25) is 0 Å². The van der Waals surface area contributed by atoms with E-state index in [-0.39, 0.29) is 12.4 Å². The molecule has 2 aromatic carbocycles. The molecule has 2 aliphatic heterocycles. The minimum absolute atomic E-state index is 0.125. The van der Waals surface area contributed by atoms with Crippen molar-refractivity contribution >= 4 is 18.0 Å². The first-order valence-electron chi connectivity index (χ1n) is 8.10. The average Bonchev–Trinajstić information content (AvgIpc) is 3.05. The Labute approximate surface area is 149 Å². The van der Waals surface area contributed by atoms with E-state index in [2.05, 4.69) is 0 Å². The van der Waals surface area contributed by atoms with Crippen LogP contribution in [0.25, 0.3) is 17.2 Å². The second kappa shape index (κ2) is 5.91. The topological polar surface area (TPSA) is 71.1 Å². The summed E-state index contributed by atoms with van der Waals surface area (Å²) in [5, 5.41) is 0. The summed E-state index contributed by atoms with van der Waals surface area (Å²) in [4.78, 5) is 24.0. The van der Waals surface area contributed by atoms with Gasteiger partial charge in [-0.05, 0) is 34.9 Å². The first-order valence-corrected chi connectivity index (χ1v) is 8.10. The maximum Gasteiger partial charge on any atom is 0.348 e. The smallest absolute Gasteiger partial charge is 0.348 e. The number of benzene rings is 2. The van der Waals surface area contributed by atoms with Gasteiger partial charge in [-0.15, -0.1) is 0 Å². The number of ether oxygens (including phenoxy) is 4. The third kappa shape index (κ3) is 3.01. The lowest BCUT2D eigenvalue weighted by Gasteiger charge is -2.29. The van der Waals surface area contributed by atoms with E-state index in [9.17, 15) is 9.59 Å². The molecule has 6 heteroatoms. The fraction of sp³-hybridized carbons (Fsp3) is 0.200. The Morgan fingerprint density at radius 2 is 1.46 bits per heavy atom. The van der Waals surface area contributed by atoms with E-state index < -0.39 is 17.7 Å². The van der Waals surface area contributed by atoms with Gasteiger partial charge in [-0.1, -0.05) is 30.3 Å². The van der Waals surface area contributed by atoms with Gasteiger partial charge in [0.2, 0.25) is 6.79 Å². The number of carbonyl (C=O) groups excluding carboxylic acids is 2. The van der Waals surface area contributed by atoms with Crippen molar-refractivity contribution in [3.63, 3.8) is 0 Å². The first-order chi connectivity index (χ1) is 12.4. The predicted molar refractivity (Wildman–Crippen MR) is 92.2 cm³/mol. The molecule has 0 bridgehead atoms. The fourth-order valence-electron chi connectivity index (χ4n) is 2.79. The van der Waals surface area contributed by atoms with E-state index in [0.29, 0.717) is 11.3 Å². The first kappa shape index (κ1) is 16.2. The van der Waals surface area contributed by atoms with Gasteiger partial charge in [0, 0.05) is 13.8 Å². The Hall–Kier alpha value is -3.28. The molecule has 1 saturated heterocycles. The Morgan fingerprint density at radius 1 is 0.846 bits per heavy atom. The van der Waals surface area contributed by atoms with Crippen molar-refractivity contribution in [1.82, 2.24) is 0 Å². The van der Waals surface area contributed by atoms with Gasteiger partial charge in [-0.2, -0.15) is 0 Å². The molecule has 0 unspecified atom stereocenters. The van der Waals surface area contributed by atoms with Crippen molar-refractivity contribution in [3.8, 4) is 22.6 Å². The number of rotatable bonds is 2. The number of carbonyl (C=O) groups is 2. The summed E-state index contributed by atoms with van der Waals surface area (Å²) in [5.74, 6) is -1.18. The Kier molecular flexibility index (Phi) is 3.68. The van der Waals surface area contributed by atoms with Crippen molar-refractivity contribution in [2.75, 3.05) is 6.79 Å². The van der Waals surface area contributed by atoms with E-state index in [0.717, 1.165) is 16.9 Å². The van der Waals surface area contributed by atoms with Crippen LogP contribution >= 0.6 is 0 Å². The van der Waals surface area contributed by atoms with Crippen molar-refractivity contribution in [3.05, 3.63) is 53.6 Å². The zero-order chi connectivity index (χ0) is 18.3. The molecule has 0 atom stereocenters. The monoisotopic (exact) mass is 352 g/mol. The molecule has 132 valence electrons. The van der Waals surface area contributed by atoms with Gasteiger partial charge in [0.25, 0.3) is 5.79 Å². The van der Waals surface area contributed by atoms with Gasteiger partial charge in [0.15, 0.2) is 11.5 Å². The SMILES string of the molecule is CC1(C)OC(=O)C(=Cc2ccc(-c3ccc4c(c3)OCO4)cc2)C(=O)O1. The van der Waals surface area contributed by atoms with Crippen molar-refractivity contribution < 1.29 is 28.5 Å². The Morgan fingerprint density at radius 3 is 2.15 bits per heavy atom. The molecule has 1 fully saturated rings. The molecule has 2 aromatic rings. The van der Waals surface area contributed by atoms with Crippen LogP contribution in [-0.2, 0) is 19.1 Å². The van der Waals surface area contributed by atoms with Crippen molar-refractivity contribution in [2.24, 2.45) is 0 Å². The second-order valence-electron chi connectivity index (χ2n) is 6.43. The van der Waals surface area contributed by atoms with Crippen LogP contribution in [0.3, 0.4) is 0 Å². The quantitative estimate of drug-likeness (QED) is 0.469. The standard InChI is InChI=1S/C20H16O6/c1-20(2)25-18(21)15(19(22)26-20)9-12-3-5-13(6-4-12)14-7-8-16-17(10-14)24-11-23-16/h3-10H,11H2,1-2H3. The van der Waals surface area contributed by atoms with Gasteiger partial charge in [-0.3, -0.25) is 0 Å². The predicted octanol–water partition coefficient (Wildman–Crippen LogP) is 3.30. The molecule has 0 N–H and O–H groups in total. The summed E-state index contributed by atoms with van der Waals surface area (Å²) >= 11 is 0. The fourth-order valence-corrected chi connectivity index (χ4v) is 2.79. The molecule has 0 saturated carbocycles. The minimum atomic E-state index is -1.24. The third-order valence-corrected chi connectivity index (χ3v) is 4.04. The zero-order valence-electron chi connectivity index (χ0n) is 14.3. The normalized spacial score (nSPS) is 17.5. The maximum absolute atomic E-state index is 12.0. The maximum atomic E-state index is 12.0. The van der Waals surface area contributed by atoms with E-state index in [1.54, 1.807) is 0 Å². The Balaban J connectivity index is 1.58. The minimum Gasteiger partial charge on any atom is -0.454 e. The molecule has 0 amide bonds. The number of esters is 2. The second-order valence-corrected chi connectivity index (χ2v) is 6.43. The van der Waals surface area contributed by atoms with Crippen LogP contribution in [-0.4, -0.2) is 24.5 Å². The molecule has 6 nitrogen and oxygen atoms in total. The van der Waals surface area contributed by atoms with Gasteiger partial charge in [0.05, 0.1) is 0 Å². The molecule has 26 heavy (non-hydrogen) atoms. The highest BCUT2D eigenvalue weighted by molar-refractivity contribution is 6.18. The molecular weight excluding hydrogens is 336 g/mol.